The maximum Gasteiger partial charge on any atom is 0.273 e. The molecule has 1 aromatic carbocycles. The first-order valence-corrected chi connectivity index (χ1v) is 6.00. The van der Waals surface area contributed by atoms with Gasteiger partial charge in [0.1, 0.15) is 5.82 Å². The van der Waals surface area contributed by atoms with Gasteiger partial charge in [-0.1, -0.05) is 23.8 Å². The van der Waals surface area contributed by atoms with E-state index < -0.39 is 0 Å². The number of aromatic nitrogens is 3. The fourth-order valence-electron chi connectivity index (χ4n) is 2.25. The van der Waals surface area contributed by atoms with Crippen LogP contribution in [-0.4, -0.2) is 14.6 Å². The highest BCUT2D eigenvalue weighted by Gasteiger charge is 2.08. The number of hydrogen-bond acceptors (Lipinski definition) is 3. The van der Waals surface area contributed by atoms with Crippen LogP contribution in [0.25, 0.3) is 16.9 Å². The Kier molecular flexibility index (Phi) is 2.41. The fraction of sp³-hybridized carbons (Fsp3) is 0.143. The summed E-state index contributed by atoms with van der Waals surface area (Å²) in [4.78, 5) is 16.5. The zero-order chi connectivity index (χ0) is 13.6. The number of benzene rings is 1. The summed E-state index contributed by atoms with van der Waals surface area (Å²) in [6.07, 6.45) is 0. The molecule has 0 saturated heterocycles. The largest absolute Gasteiger partial charge is 0.384 e. The van der Waals surface area contributed by atoms with Crippen LogP contribution in [-0.2, 0) is 0 Å². The van der Waals surface area contributed by atoms with E-state index >= 15 is 0 Å². The van der Waals surface area contributed by atoms with Crippen molar-refractivity contribution in [3.8, 4) is 11.3 Å². The average Bonchev–Trinajstić information content (AvgIpc) is 2.70. The average molecular weight is 254 g/mol. The lowest BCUT2D eigenvalue weighted by Crippen LogP contribution is -2.14. The second-order valence-corrected chi connectivity index (χ2v) is 4.70. The highest BCUT2D eigenvalue weighted by atomic mass is 16.1. The molecule has 0 amide bonds. The van der Waals surface area contributed by atoms with E-state index in [1.165, 1.54) is 16.1 Å². The van der Waals surface area contributed by atoms with Crippen LogP contribution in [0.4, 0.5) is 5.82 Å². The first-order chi connectivity index (χ1) is 9.04. The maximum atomic E-state index is 12.0. The van der Waals surface area contributed by atoms with Gasteiger partial charge in [0, 0.05) is 17.7 Å². The van der Waals surface area contributed by atoms with Crippen molar-refractivity contribution in [1.29, 1.82) is 0 Å². The van der Waals surface area contributed by atoms with Crippen molar-refractivity contribution < 1.29 is 0 Å². The summed E-state index contributed by atoms with van der Waals surface area (Å²) in [6, 6.07) is 9.23. The minimum absolute atomic E-state index is 0.170. The molecule has 0 saturated carbocycles. The van der Waals surface area contributed by atoms with Gasteiger partial charge < -0.3 is 5.73 Å². The number of H-pyrrole nitrogens is 1. The summed E-state index contributed by atoms with van der Waals surface area (Å²) >= 11 is 0. The van der Waals surface area contributed by atoms with Crippen LogP contribution in [0.5, 0.6) is 0 Å². The summed E-state index contributed by atoms with van der Waals surface area (Å²) in [5, 5.41) is 2.75. The van der Waals surface area contributed by atoms with Gasteiger partial charge in [0.15, 0.2) is 5.65 Å². The zero-order valence-electron chi connectivity index (χ0n) is 10.8. The molecule has 2 aromatic heterocycles. The van der Waals surface area contributed by atoms with Gasteiger partial charge in [-0.25, -0.2) is 4.98 Å². The third-order valence-electron chi connectivity index (χ3n) is 3.13. The fourth-order valence-corrected chi connectivity index (χ4v) is 2.25. The van der Waals surface area contributed by atoms with E-state index in [4.69, 9.17) is 5.73 Å². The standard InChI is InChI=1S/C14H14N4O/c1-8-3-4-10(9(2)5-8)11-6-14(19)18-13(16-11)7-12(15)17-18/h3-7,17H,15H2,1-2H3. The van der Waals surface area contributed by atoms with Crippen LogP contribution < -0.4 is 11.3 Å². The third kappa shape index (κ3) is 1.89. The van der Waals surface area contributed by atoms with Crippen molar-refractivity contribution >= 4 is 11.5 Å². The van der Waals surface area contributed by atoms with E-state index in [0.717, 1.165) is 11.1 Å². The van der Waals surface area contributed by atoms with Gasteiger partial charge in [-0.15, -0.1) is 0 Å². The van der Waals surface area contributed by atoms with Crippen molar-refractivity contribution in [2.45, 2.75) is 13.8 Å². The van der Waals surface area contributed by atoms with Gasteiger partial charge in [0.05, 0.1) is 5.69 Å². The topological polar surface area (TPSA) is 76.2 Å². The van der Waals surface area contributed by atoms with Crippen LogP contribution in [0.3, 0.4) is 0 Å². The molecule has 0 aliphatic rings. The summed E-state index contributed by atoms with van der Waals surface area (Å²) in [6.45, 7) is 4.05. The first kappa shape index (κ1) is 11.5. The third-order valence-corrected chi connectivity index (χ3v) is 3.13. The quantitative estimate of drug-likeness (QED) is 0.696. The summed E-state index contributed by atoms with van der Waals surface area (Å²) < 4.78 is 1.34. The van der Waals surface area contributed by atoms with Crippen LogP contribution in [0, 0.1) is 13.8 Å². The Morgan fingerprint density at radius 3 is 2.74 bits per heavy atom. The molecule has 0 spiro atoms. The summed E-state index contributed by atoms with van der Waals surface area (Å²) in [5.41, 5.74) is 9.91. The maximum absolute atomic E-state index is 12.0. The number of hydrogen-bond donors (Lipinski definition) is 2. The molecule has 0 atom stereocenters. The van der Waals surface area contributed by atoms with E-state index in [9.17, 15) is 4.79 Å². The molecule has 3 rings (SSSR count). The Balaban J connectivity index is 2.28. The SMILES string of the molecule is Cc1ccc(-c2cc(=O)n3[nH]c(N)cc3n2)c(C)c1. The van der Waals surface area contributed by atoms with Gasteiger partial charge >= 0.3 is 0 Å². The van der Waals surface area contributed by atoms with E-state index in [-0.39, 0.29) is 5.56 Å². The molecule has 96 valence electrons. The lowest BCUT2D eigenvalue weighted by molar-refractivity contribution is 0.906. The van der Waals surface area contributed by atoms with Gasteiger partial charge in [0.2, 0.25) is 0 Å². The molecule has 0 radical (unpaired) electrons. The molecule has 0 bridgehead atoms. The van der Waals surface area contributed by atoms with Gasteiger partial charge in [-0.05, 0) is 19.4 Å². The van der Waals surface area contributed by atoms with Crippen molar-refractivity contribution in [2.24, 2.45) is 0 Å². The van der Waals surface area contributed by atoms with E-state index in [1.807, 2.05) is 26.0 Å². The van der Waals surface area contributed by atoms with Crippen molar-refractivity contribution in [2.75, 3.05) is 5.73 Å². The smallest absolute Gasteiger partial charge is 0.273 e. The Morgan fingerprint density at radius 1 is 1.21 bits per heavy atom. The normalized spacial score (nSPS) is 11.1. The molecule has 0 fully saturated rings. The van der Waals surface area contributed by atoms with E-state index in [1.54, 1.807) is 6.07 Å². The Hall–Kier alpha value is -2.56. The van der Waals surface area contributed by atoms with E-state index in [2.05, 4.69) is 16.1 Å². The Morgan fingerprint density at radius 2 is 2.00 bits per heavy atom. The van der Waals surface area contributed by atoms with Crippen molar-refractivity contribution in [1.82, 2.24) is 14.6 Å². The number of rotatable bonds is 1. The molecule has 2 heterocycles. The number of nitrogens with two attached hydrogens (primary N) is 1. The highest BCUT2D eigenvalue weighted by molar-refractivity contribution is 5.66. The molecular formula is C14H14N4O. The predicted octanol–water partition coefficient (Wildman–Crippen LogP) is 1.89. The first-order valence-electron chi connectivity index (χ1n) is 6.00. The Labute approximate surface area is 109 Å². The number of nitrogens with one attached hydrogen (secondary N) is 1. The minimum Gasteiger partial charge on any atom is -0.384 e. The lowest BCUT2D eigenvalue weighted by Gasteiger charge is -2.06. The summed E-state index contributed by atoms with van der Waals surface area (Å²) in [7, 11) is 0. The van der Waals surface area contributed by atoms with E-state index in [0.29, 0.717) is 17.2 Å². The molecule has 5 nitrogen and oxygen atoms in total. The van der Waals surface area contributed by atoms with Gasteiger partial charge in [0.25, 0.3) is 5.56 Å². The molecule has 0 aliphatic heterocycles. The molecule has 19 heavy (non-hydrogen) atoms. The lowest BCUT2D eigenvalue weighted by atomic mass is 10.0. The zero-order valence-corrected chi connectivity index (χ0v) is 10.8. The van der Waals surface area contributed by atoms with Gasteiger partial charge in [-0.2, -0.15) is 4.52 Å². The number of aromatic amines is 1. The van der Waals surface area contributed by atoms with Crippen LogP contribution in [0.2, 0.25) is 0 Å². The van der Waals surface area contributed by atoms with Crippen molar-refractivity contribution in [3.05, 3.63) is 51.8 Å². The van der Waals surface area contributed by atoms with Crippen LogP contribution in [0.15, 0.2) is 35.1 Å². The Bertz CT molecular complexity index is 829. The van der Waals surface area contributed by atoms with Crippen LogP contribution in [0.1, 0.15) is 11.1 Å². The monoisotopic (exact) mass is 254 g/mol. The molecule has 0 unspecified atom stereocenters. The molecule has 0 aliphatic carbocycles. The summed E-state index contributed by atoms with van der Waals surface area (Å²) in [5.74, 6) is 0.419. The number of fused-ring (bicyclic) bond motifs is 1. The minimum atomic E-state index is -0.170. The molecule has 5 heteroatoms. The number of nitrogen functional groups attached to an aromatic ring is 1. The van der Waals surface area contributed by atoms with Gasteiger partial charge in [-0.3, -0.25) is 9.89 Å². The predicted molar refractivity (Wildman–Crippen MR) is 75.1 cm³/mol. The van der Waals surface area contributed by atoms with Crippen molar-refractivity contribution in [3.63, 3.8) is 0 Å². The number of nitrogens with zero attached hydrogens (tertiary/aromatic N) is 2. The number of aryl methyl sites for hydroxylation is 2. The molecule has 3 N–H and O–H groups in total. The van der Waals surface area contributed by atoms with Crippen LogP contribution >= 0.6 is 0 Å². The molecule has 3 aromatic rings. The number of anilines is 1. The highest BCUT2D eigenvalue weighted by Crippen LogP contribution is 2.22. The second kappa shape index (κ2) is 3.98. The molecular weight excluding hydrogens is 240 g/mol. The second-order valence-electron chi connectivity index (χ2n) is 4.70.